The molecule has 146 valence electrons. The number of hydrogen-bond donors (Lipinski definition) is 1. The molecule has 0 spiro atoms. The van der Waals surface area contributed by atoms with E-state index >= 15 is 0 Å². The zero-order valence-electron chi connectivity index (χ0n) is 14.3. The molecule has 0 fully saturated rings. The Morgan fingerprint density at radius 3 is 1.89 bits per heavy atom. The quantitative estimate of drug-likeness (QED) is 0.625. The number of carbonyl (C=O) groups is 1. The number of rotatable bonds is 5. The Labute approximate surface area is 152 Å². The van der Waals surface area contributed by atoms with Crippen molar-refractivity contribution in [1.82, 2.24) is 0 Å². The number of carbonyl (C=O) groups excluding carboxylic acids is 1. The van der Waals surface area contributed by atoms with Gasteiger partial charge in [0.1, 0.15) is 0 Å². The van der Waals surface area contributed by atoms with Crippen LogP contribution in [0.25, 0.3) is 0 Å². The van der Waals surface area contributed by atoms with Crippen molar-refractivity contribution < 1.29 is 31.1 Å². The van der Waals surface area contributed by atoms with Gasteiger partial charge in [-0.2, -0.15) is 26.3 Å². The first kappa shape index (κ1) is 20.8. The van der Waals surface area contributed by atoms with Crippen LogP contribution in [0.15, 0.2) is 42.5 Å². The van der Waals surface area contributed by atoms with Gasteiger partial charge >= 0.3 is 12.4 Å². The fourth-order valence-electron chi connectivity index (χ4n) is 2.46. The molecule has 0 saturated heterocycles. The van der Waals surface area contributed by atoms with Crippen LogP contribution in [0.4, 0.5) is 32.0 Å². The highest BCUT2D eigenvalue weighted by atomic mass is 19.4. The summed E-state index contributed by atoms with van der Waals surface area (Å²) in [5.74, 6) is -0.644. The van der Waals surface area contributed by atoms with E-state index in [2.05, 4.69) is 5.32 Å². The topological polar surface area (TPSA) is 29.1 Å². The summed E-state index contributed by atoms with van der Waals surface area (Å²) in [5, 5.41) is 2.12. The van der Waals surface area contributed by atoms with E-state index in [9.17, 15) is 31.1 Å². The van der Waals surface area contributed by atoms with Gasteiger partial charge in [0.2, 0.25) is 5.91 Å². The molecule has 0 unspecified atom stereocenters. The lowest BCUT2D eigenvalue weighted by Gasteiger charge is -2.14. The van der Waals surface area contributed by atoms with Gasteiger partial charge in [-0.15, -0.1) is 0 Å². The predicted octanol–water partition coefficient (Wildman–Crippen LogP) is 5.99. The van der Waals surface area contributed by atoms with Crippen LogP contribution in [-0.4, -0.2) is 5.91 Å². The van der Waals surface area contributed by atoms with Crippen molar-refractivity contribution in [2.75, 3.05) is 5.32 Å². The van der Waals surface area contributed by atoms with E-state index < -0.39 is 35.1 Å². The minimum Gasteiger partial charge on any atom is -0.326 e. The molecule has 0 atom stereocenters. The molecule has 0 aromatic heterocycles. The molecular weight excluding hydrogens is 372 g/mol. The van der Waals surface area contributed by atoms with Gasteiger partial charge in [-0.05, 0) is 43.5 Å². The van der Waals surface area contributed by atoms with E-state index in [-0.39, 0.29) is 12.5 Å². The zero-order valence-corrected chi connectivity index (χ0v) is 14.3. The molecule has 0 aliphatic rings. The summed E-state index contributed by atoms with van der Waals surface area (Å²) in [6.45, 7) is 1.93. The Kier molecular flexibility index (Phi) is 6.18. The van der Waals surface area contributed by atoms with Crippen LogP contribution in [0.1, 0.15) is 35.1 Å². The van der Waals surface area contributed by atoms with Crippen molar-refractivity contribution in [2.24, 2.45) is 0 Å². The predicted molar refractivity (Wildman–Crippen MR) is 89.2 cm³/mol. The third-order valence-corrected chi connectivity index (χ3v) is 3.86. The third kappa shape index (κ3) is 6.30. The van der Waals surface area contributed by atoms with Crippen LogP contribution in [-0.2, 0) is 23.6 Å². The van der Waals surface area contributed by atoms with E-state index in [1.54, 1.807) is 0 Å². The number of alkyl halides is 6. The first-order valence-corrected chi connectivity index (χ1v) is 8.10. The van der Waals surface area contributed by atoms with E-state index in [0.29, 0.717) is 25.0 Å². The lowest BCUT2D eigenvalue weighted by molar-refractivity contribution is -0.143. The van der Waals surface area contributed by atoms with Crippen LogP contribution in [0.2, 0.25) is 0 Å². The number of anilines is 1. The third-order valence-electron chi connectivity index (χ3n) is 3.86. The largest absolute Gasteiger partial charge is 0.416 e. The molecule has 2 rings (SSSR count). The van der Waals surface area contributed by atoms with Crippen molar-refractivity contribution in [3.8, 4) is 0 Å². The van der Waals surface area contributed by atoms with Gasteiger partial charge < -0.3 is 5.32 Å². The molecule has 1 amide bonds. The van der Waals surface area contributed by atoms with E-state index in [1.807, 2.05) is 31.2 Å². The Bertz CT molecular complexity index is 761. The van der Waals surface area contributed by atoms with Gasteiger partial charge in [0.05, 0.1) is 11.1 Å². The maximum Gasteiger partial charge on any atom is 0.416 e. The van der Waals surface area contributed by atoms with Gasteiger partial charge in [-0.1, -0.05) is 29.8 Å². The Morgan fingerprint density at radius 2 is 1.41 bits per heavy atom. The van der Waals surface area contributed by atoms with Crippen LogP contribution in [0.5, 0.6) is 0 Å². The zero-order chi connectivity index (χ0) is 20.2. The summed E-state index contributed by atoms with van der Waals surface area (Å²) in [4.78, 5) is 11.9. The van der Waals surface area contributed by atoms with Crippen molar-refractivity contribution in [2.45, 2.75) is 38.5 Å². The summed E-state index contributed by atoms with van der Waals surface area (Å²) in [5.41, 5.74) is -1.38. The fourth-order valence-corrected chi connectivity index (χ4v) is 2.46. The maximum absolute atomic E-state index is 12.8. The first-order chi connectivity index (χ1) is 12.4. The second-order valence-electron chi connectivity index (χ2n) is 6.18. The minimum absolute atomic E-state index is 0.0209. The highest BCUT2D eigenvalue weighted by Crippen LogP contribution is 2.37. The molecule has 0 saturated carbocycles. The summed E-state index contributed by atoms with van der Waals surface area (Å²) >= 11 is 0. The van der Waals surface area contributed by atoms with E-state index in [0.717, 1.165) is 11.1 Å². The maximum atomic E-state index is 12.8. The lowest BCUT2D eigenvalue weighted by atomic mass is 10.1. The van der Waals surface area contributed by atoms with E-state index in [1.165, 1.54) is 0 Å². The van der Waals surface area contributed by atoms with Gasteiger partial charge in [0.15, 0.2) is 0 Å². The summed E-state index contributed by atoms with van der Waals surface area (Å²) in [7, 11) is 0. The summed E-state index contributed by atoms with van der Waals surface area (Å²) in [6.07, 6.45) is -8.94. The fraction of sp³-hybridized carbons (Fsp3) is 0.316. The number of nitrogens with one attached hydrogen (secondary N) is 1. The number of aryl methyl sites for hydroxylation is 2. The molecule has 2 aromatic rings. The highest BCUT2D eigenvalue weighted by Gasteiger charge is 2.37. The van der Waals surface area contributed by atoms with Gasteiger partial charge in [-0.3, -0.25) is 4.79 Å². The Hall–Kier alpha value is -2.51. The lowest BCUT2D eigenvalue weighted by Crippen LogP contribution is -2.15. The average molecular weight is 389 g/mol. The number of benzene rings is 2. The standard InChI is InChI=1S/C19H17F6NO/c1-12-5-7-13(8-6-12)3-2-4-17(27)26-16-10-14(18(20,21)22)9-15(11-16)19(23,24)25/h5-11H,2-4H2,1H3,(H,26,27). The molecule has 27 heavy (non-hydrogen) atoms. The molecule has 2 aromatic carbocycles. The molecule has 2 nitrogen and oxygen atoms in total. The van der Waals surface area contributed by atoms with Gasteiger partial charge in [0.25, 0.3) is 0 Å². The van der Waals surface area contributed by atoms with Gasteiger partial charge in [0, 0.05) is 12.1 Å². The molecule has 1 N–H and O–H groups in total. The monoisotopic (exact) mass is 389 g/mol. The number of hydrogen-bond acceptors (Lipinski definition) is 1. The normalized spacial score (nSPS) is 12.1. The smallest absolute Gasteiger partial charge is 0.326 e. The number of halogens is 6. The molecular formula is C19H17F6NO. The Morgan fingerprint density at radius 1 is 0.889 bits per heavy atom. The molecule has 0 aliphatic heterocycles. The SMILES string of the molecule is Cc1ccc(CCCC(=O)Nc2cc(C(F)(F)F)cc(C(F)(F)F)c2)cc1. The van der Waals surface area contributed by atoms with Crippen molar-refractivity contribution >= 4 is 11.6 Å². The van der Waals surface area contributed by atoms with Crippen LogP contribution in [0.3, 0.4) is 0 Å². The van der Waals surface area contributed by atoms with Crippen molar-refractivity contribution in [1.29, 1.82) is 0 Å². The summed E-state index contributed by atoms with van der Waals surface area (Å²) in [6, 6.07) is 8.63. The Balaban J connectivity index is 2.04. The average Bonchev–Trinajstić information content (AvgIpc) is 2.55. The second kappa shape index (κ2) is 8.02. The van der Waals surface area contributed by atoms with E-state index in [4.69, 9.17) is 0 Å². The molecule has 0 heterocycles. The molecule has 0 bridgehead atoms. The minimum atomic E-state index is -4.95. The van der Waals surface area contributed by atoms with Crippen LogP contribution in [0, 0.1) is 6.92 Å². The molecule has 0 aliphatic carbocycles. The van der Waals surface area contributed by atoms with Crippen molar-refractivity contribution in [3.63, 3.8) is 0 Å². The summed E-state index contributed by atoms with van der Waals surface area (Å²) < 4.78 is 76.9. The van der Waals surface area contributed by atoms with Gasteiger partial charge in [-0.25, -0.2) is 0 Å². The van der Waals surface area contributed by atoms with Crippen LogP contribution >= 0.6 is 0 Å². The van der Waals surface area contributed by atoms with Crippen LogP contribution < -0.4 is 5.32 Å². The second-order valence-corrected chi connectivity index (χ2v) is 6.18. The highest BCUT2D eigenvalue weighted by molar-refractivity contribution is 5.90. The first-order valence-electron chi connectivity index (χ1n) is 8.10. The molecule has 0 radical (unpaired) electrons. The number of amides is 1. The van der Waals surface area contributed by atoms with Crippen molar-refractivity contribution in [3.05, 3.63) is 64.7 Å². The molecule has 8 heteroatoms.